The lowest BCUT2D eigenvalue weighted by atomic mass is 10.2. The molecule has 1 amide bonds. The summed E-state index contributed by atoms with van der Waals surface area (Å²) in [5.41, 5.74) is -0.365. The molecular formula is C16H15ClF3N3O. The van der Waals surface area contributed by atoms with Gasteiger partial charge in [0, 0.05) is 12.7 Å². The molecule has 2 rings (SSSR count). The zero-order valence-corrected chi connectivity index (χ0v) is 13.5. The van der Waals surface area contributed by atoms with Crippen LogP contribution in [0.25, 0.3) is 0 Å². The van der Waals surface area contributed by atoms with Crippen molar-refractivity contribution in [1.29, 1.82) is 0 Å². The SMILES string of the molecule is CCCNC(=O)c1ccc(Nc2cc(C(F)(F)F)ccc2Cl)nc1. The Labute approximate surface area is 142 Å². The van der Waals surface area contributed by atoms with Crippen molar-refractivity contribution in [3.8, 4) is 0 Å². The molecule has 0 aliphatic rings. The number of rotatable bonds is 5. The van der Waals surface area contributed by atoms with Gasteiger partial charge in [0.1, 0.15) is 5.82 Å². The van der Waals surface area contributed by atoms with Crippen LogP contribution in [0.5, 0.6) is 0 Å². The van der Waals surface area contributed by atoms with E-state index in [0.29, 0.717) is 12.1 Å². The fraction of sp³-hybridized carbons (Fsp3) is 0.250. The third-order valence-electron chi connectivity index (χ3n) is 3.12. The summed E-state index contributed by atoms with van der Waals surface area (Å²) in [7, 11) is 0. The van der Waals surface area contributed by atoms with Crippen molar-refractivity contribution in [1.82, 2.24) is 10.3 Å². The van der Waals surface area contributed by atoms with Crippen molar-refractivity contribution in [2.45, 2.75) is 19.5 Å². The number of benzene rings is 1. The molecule has 0 radical (unpaired) electrons. The second-order valence-corrected chi connectivity index (χ2v) is 5.41. The minimum atomic E-state index is -4.46. The first-order chi connectivity index (χ1) is 11.3. The van der Waals surface area contributed by atoms with Gasteiger partial charge in [-0.15, -0.1) is 0 Å². The molecule has 0 bridgehead atoms. The molecule has 0 atom stereocenters. The van der Waals surface area contributed by atoms with Gasteiger partial charge in [-0.1, -0.05) is 18.5 Å². The highest BCUT2D eigenvalue weighted by molar-refractivity contribution is 6.33. The molecule has 0 aliphatic carbocycles. The minimum absolute atomic E-state index is 0.0853. The lowest BCUT2D eigenvalue weighted by Crippen LogP contribution is -2.24. The topological polar surface area (TPSA) is 54.0 Å². The number of anilines is 2. The first kappa shape index (κ1) is 18.1. The van der Waals surface area contributed by atoms with Crippen LogP contribution in [0.3, 0.4) is 0 Å². The van der Waals surface area contributed by atoms with E-state index in [1.807, 2.05) is 6.92 Å². The Kier molecular flexibility index (Phi) is 5.66. The maximum atomic E-state index is 12.8. The van der Waals surface area contributed by atoms with Crippen LogP contribution < -0.4 is 10.6 Å². The Bertz CT molecular complexity index is 717. The Morgan fingerprint density at radius 1 is 1.25 bits per heavy atom. The lowest BCUT2D eigenvalue weighted by Gasteiger charge is -2.12. The standard InChI is InChI=1S/C16H15ClF3N3O/c1-2-7-21-15(24)10-3-6-14(22-9-10)23-13-8-11(16(18,19)20)4-5-12(13)17/h3-6,8-9H,2,7H2,1H3,(H,21,24)(H,22,23). The fourth-order valence-electron chi connectivity index (χ4n) is 1.88. The van der Waals surface area contributed by atoms with E-state index in [9.17, 15) is 18.0 Å². The van der Waals surface area contributed by atoms with E-state index in [1.54, 1.807) is 0 Å². The highest BCUT2D eigenvalue weighted by atomic mass is 35.5. The van der Waals surface area contributed by atoms with Gasteiger partial charge in [-0.3, -0.25) is 4.79 Å². The molecule has 24 heavy (non-hydrogen) atoms. The van der Waals surface area contributed by atoms with Gasteiger partial charge in [0.05, 0.1) is 21.8 Å². The van der Waals surface area contributed by atoms with Crippen LogP contribution in [-0.2, 0) is 6.18 Å². The molecule has 128 valence electrons. The first-order valence-corrected chi connectivity index (χ1v) is 7.57. The highest BCUT2D eigenvalue weighted by Crippen LogP contribution is 2.34. The van der Waals surface area contributed by atoms with Crippen LogP contribution in [0.1, 0.15) is 29.3 Å². The summed E-state index contributed by atoms with van der Waals surface area (Å²) >= 11 is 5.91. The summed E-state index contributed by atoms with van der Waals surface area (Å²) in [5, 5.41) is 5.56. The molecule has 0 fully saturated rings. The molecule has 2 aromatic rings. The van der Waals surface area contributed by atoms with Gasteiger partial charge >= 0.3 is 6.18 Å². The fourth-order valence-corrected chi connectivity index (χ4v) is 2.04. The Morgan fingerprint density at radius 2 is 2.00 bits per heavy atom. The van der Waals surface area contributed by atoms with Gasteiger partial charge in [-0.25, -0.2) is 4.98 Å². The first-order valence-electron chi connectivity index (χ1n) is 7.19. The maximum Gasteiger partial charge on any atom is 0.416 e. The van der Waals surface area contributed by atoms with Gasteiger partial charge in [-0.05, 0) is 36.8 Å². The third kappa shape index (κ3) is 4.61. The summed E-state index contributed by atoms with van der Waals surface area (Å²) in [4.78, 5) is 15.8. The molecule has 1 aromatic carbocycles. The molecule has 1 aromatic heterocycles. The summed E-state index contributed by atoms with van der Waals surface area (Å²) < 4.78 is 38.3. The van der Waals surface area contributed by atoms with Crippen LogP contribution in [0.2, 0.25) is 5.02 Å². The number of hydrogen-bond donors (Lipinski definition) is 2. The average Bonchev–Trinajstić information content (AvgIpc) is 2.54. The molecule has 0 saturated carbocycles. The zero-order chi connectivity index (χ0) is 17.7. The van der Waals surface area contributed by atoms with Crippen LogP contribution in [0.15, 0.2) is 36.5 Å². The van der Waals surface area contributed by atoms with E-state index >= 15 is 0 Å². The number of amides is 1. The van der Waals surface area contributed by atoms with E-state index in [1.165, 1.54) is 24.4 Å². The van der Waals surface area contributed by atoms with Crippen LogP contribution in [0, 0.1) is 0 Å². The van der Waals surface area contributed by atoms with Crippen molar-refractivity contribution >= 4 is 29.0 Å². The van der Waals surface area contributed by atoms with Crippen LogP contribution >= 0.6 is 11.6 Å². The largest absolute Gasteiger partial charge is 0.416 e. The van der Waals surface area contributed by atoms with Crippen molar-refractivity contribution in [3.63, 3.8) is 0 Å². The number of alkyl halides is 3. The lowest BCUT2D eigenvalue weighted by molar-refractivity contribution is -0.137. The smallest absolute Gasteiger partial charge is 0.352 e. The number of carbonyl (C=O) groups is 1. The summed E-state index contributed by atoms with van der Waals surface area (Å²) in [6.45, 7) is 2.49. The quantitative estimate of drug-likeness (QED) is 0.819. The second kappa shape index (κ2) is 7.53. The molecule has 4 nitrogen and oxygen atoms in total. The zero-order valence-electron chi connectivity index (χ0n) is 12.7. The van der Waals surface area contributed by atoms with Gasteiger partial charge in [0.2, 0.25) is 0 Å². The number of hydrogen-bond acceptors (Lipinski definition) is 3. The Morgan fingerprint density at radius 3 is 2.58 bits per heavy atom. The van der Waals surface area contributed by atoms with E-state index in [0.717, 1.165) is 18.6 Å². The third-order valence-corrected chi connectivity index (χ3v) is 3.45. The second-order valence-electron chi connectivity index (χ2n) is 5.01. The minimum Gasteiger partial charge on any atom is -0.352 e. The van der Waals surface area contributed by atoms with Crippen molar-refractivity contribution in [2.75, 3.05) is 11.9 Å². The van der Waals surface area contributed by atoms with Crippen molar-refractivity contribution in [3.05, 3.63) is 52.7 Å². The predicted octanol–water partition coefficient (Wildman–Crippen LogP) is 4.64. The number of aromatic nitrogens is 1. The van der Waals surface area contributed by atoms with Crippen molar-refractivity contribution < 1.29 is 18.0 Å². The Balaban J connectivity index is 2.15. The molecule has 1 heterocycles. The van der Waals surface area contributed by atoms with Gasteiger partial charge < -0.3 is 10.6 Å². The van der Waals surface area contributed by atoms with Gasteiger partial charge in [0.15, 0.2) is 0 Å². The summed E-state index contributed by atoms with van der Waals surface area (Å²) in [6, 6.07) is 6.01. The molecule has 0 saturated heterocycles. The average molecular weight is 358 g/mol. The molecule has 0 unspecified atom stereocenters. The van der Waals surface area contributed by atoms with Gasteiger partial charge in [0.25, 0.3) is 5.91 Å². The van der Waals surface area contributed by atoms with Crippen molar-refractivity contribution in [2.24, 2.45) is 0 Å². The van der Waals surface area contributed by atoms with E-state index < -0.39 is 11.7 Å². The number of nitrogens with zero attached hydrogens (tertiary/aromatic N) is 1. The predicted molar refractivity (Wildman–Crippen MR) is 86.6 cm³/mol. The van der Waals surface area contributed by atoms with E-state index in [2.05, 4.69) is 15.6 Å². The number of pyridine rings is 1. The number of halogens is 4. The maximum absolute atomic E-state index is 12.8. The monoisotopic (exact) mass is 357 g/mol. The molecule has 0 aliphatic heterocycles. The van der Waals surface area contributed by atoms with Gasteiger partial charge in [-0.2, -0.15) is 13.2 Å². The van der Waals surface area contributed by atoms with Crippen LogP contribution in [-0.4, -0.2) is 17.4 Å². The number of nitrogens with one attached hydrogen (secondary N) is 2. The van der Waals surface area contributed by atoms with Crippen LogP contribution in [0.4, 0.5) is 24.7 Å². The molecule has 0 spiro atoms. The highest BCUT2D eigenvalue weighted by Gasteiger charge is 2.31. The number of carbonyl (C=O) groups excluding carboxylic acids is 1. The van der Waals surface area contributed by atoms with E-state index in [-0.39, 0.29) is 22.4 Å². The summed E-state index contributed by atoms with van der Waals surface area (Å²) in [6.07, 6.45) is -2.31. The molecular weight excluding hydrogens is 343 g/mol. The van der Waals surface area contributed by atoms with E-state index in [4.69, 9.17) is 11.6 Å². The molecule has 8 heteroatoms. The Hall–Kier alpha value is -2.28. The normalized spacial score (nSPS) is 11.2. The molecule has 2 N–H and O–H groups in total. The summed E-state index contributed by atoms with van der Waals surface area (Å²) in [5.74, 6) is 0.0243.